The molecule has 8 heteroatoms. The number of aryl methyl sites for hydroxylation is 1. The molecule has 0 spiro atoms. The fourth-order valence-electron chi connectivity index (χ4n) is 2.31. The van der Waals surface area contributed by atoms with E-state index in [1.54, 1.807) is 12.1 Å². The molecule has 2 aromatic rings. The standard InChI is InChI=1S/C14H17N3O3S2/c1-11-8-12(20-16-11)10-21-14-5-4-13(9-15-14)22(18,19)17-6-2-3-7-17/h4-5,8-9H,2-3,6-7,10H2,1H3. The topological polar surface area (TPSA) is 76.3 Å². The zero-order valence-electron chi connectivity index (χ0n) is 12.2. The molecule has 0 N–H and O–H groups in total. The third kappa shape index (κ3) is 3.34. The van der Waals surface area contributed by atoms with Crippen molar-refractivity contribution in [3.8, 4) is 0 Å². The number of nitrogens with zero attached hydrogens (tertiary/aromatic N) is 3. The Morgan fingerprint density at radius 2 is 2.09 bits per heavy atom. The highest BCUT2D eigenvalue weighted by atomic mass is 32.2. The monoisotopic (exact) mass is 339 g/mol. The Morgan fingerprint density at radius 3 is 2.68 bits per heavy atom. The van der Waals surface area contributed by atoms with Gasteiger partial charge in [0.15, 0.2) is 0 Å². The van der Waals surface area contributed by atoms with Crippen LogP contribution in [0.1, 0.15) is 24.3 Å². The first-order chi connectivity index (χ1) is 10.6. The van der Waals surface area contributed by atoms with Crippen molar-refractivity contribution in [3.05, 3.63) is 35.9 Å². The Kier molecular flexibility index (Phi) is 4.51. The van der Waals surface area contributed by atoms with E-state index in [-0.39, 0.29) is 4.90 Å². The van der Waals surface area contributed by atoms with Gasteiger partial charge >= 0.3 is 0 Å². The molecule has 22 heavy (non-hydrogen) atoms. The Labute approximate surface area is 134 Å². The lowest BCUT2D eigenvalue weighted by molar-refractivity contribution is 0.391. The van der Waals surface area contributed by atoms with Crippen LogP contribution in [0.15, 0.2) is 38.8 Å². The van der Waals surface area contributed by atoms with E-state index in [9.17, 15) is 8.42 Å². The molecule has 0 atom stereocenters. The van der Waals surface area contributed by atoms with Gasteiger partial charge in [-0.2, -0.15) is 4.31 Å². The summed E-state index contributed by atoms with van der Waals surface area (Å²) in [7, 11) is -3.39. The van der Waals surface area contributed by atoms with Gasteiger partial charge in [0, 0.05) is 25.4 Å². The van der Waals surface area contributed by atoms with E-state index in [1.807, 2.05) is 13.0 Å². The maximum absolute atomic E-state index is 12.4. The van der Waals surface area contributed by atoms with Gasteiger partial charge in [-0.15, -0.1) is 0 Å². The highest BCUT2D eigenvalue weighted by molar-refractivity contribution is 7.98. The van der Waals surface area contributed by atoms with Crippen molar-refractivity contribution >= 4 is 21.8 Å². The summed E-state index contributed by atoms with van der Waals surface area (Å²) in [6, 6.07) is 5.23. The normalized spacial score (nSPS) is 16.2. The van der Waals surface area contributed by atoms with E-state index in [0.29, 0.717) is 18.8 Å². The van der Waals surface area contributed by atoms with Crippen LogP contribution >= 0.6 is 11.8 Å². The number of hydrogen-bond donors (Lipinski definition) is 0. The van der Waals surface area contributed by atoms with Gasteiger partial charge in [-0.05, 0) is 31.9 Å². The van der Waals surface area contributed by atoms with Crippen molar-refractivity contribution in [3.63, 3.8) is 0 Å². The van der Waals surface area contributed by atoms with Gasteiger partial charge in [0.2, 0.25) is 10.0 Å². The number of sulfonamides is 1. The van der Waals surface area contributed by atoms with E-state index in [4.69, 9.17) is 4.52 Å². The second-order valence-corrected chi connectivity index (χ2v) is 8.10. The number of thioether (sulfide) groups is 1. The minimum absolute atomic E-state index is 0.259. The van der Waals surface area contributed by atoms with Crippen LogP contribution in [-0.2, 0) is 15.8 Å². The minimum Gasteiger partial charge on any atom is -0.360 e. The molecule has 0 aromatic carbocycles. The van der Waals surface area contributed by atoms with E-state index in [1.165, 1.54) is 22.3 Å². The van der Waals surface area contributed by atoms with Crippen LogP contribution in [0.4, 0.5) is 0 Å². The van der Waals surface area contributed by atoms with Crippen molar-refractivity contribution in [2.75, 3.05) is 13.1 Å². The van der Waals surface area contributed by atoms with Crippen LogP contribution in [0.3, 0.4) is 0 Å². The summed E-state index contributed by atoms with van der Waals surface area (Å²) in [6.07, 6.45) is 3.29. The maximum atomic E-state index is 12.4. The molecule has 0 radical (unpaired) electrons. The average molecular weight is 339 g/mol. The molecule has 6 nitrogen and oxygen atoms in total. The summed E-state index contributed by atoms with van der Waals surface area (Å²) < 4.78 is 31.4. The molecule has 1 fully saturated rings. The zero-order chi connectivity index (χ0) is 15.6. The van der Waals surface area contributed by atoms with Crippen LogP contribution in [0, 0.1) is 6.92 Å². The van der Waals surface area contributed by atoms with Crippen LogP contribution in [-0.4, -0.2) is 36.0 Å². The van der Waals surface area contributed by atoms with E-state index in [0.717, 1.165) is 29.3 Å². The smallest absolute Gasteiger partial charge is 0.244 e. The summed E-state index contributed by atoms with van der Waals surface area (Å²) >= 11 is 1.49. The Bertz CT molecular complexity index is 735. The third-order valence-corrected chi connectivity index (χ3v) is 6.30. The maximum Gasteiger partial charge on any atom is 0.244 e. The first-order valence-electron chi connectivity index (χ1n) is 7.07. The van der Waals surface area contributed by atoms with Crippen LogP contribution in [0.2, 0.25) is 0 Å². The molecular formula is C14H17N3O3S2. The fraction of sp³-hybridized carbons (Fsp3) is 0.429. The SMILES string of the molecule is Cc1cc(CSc2ccc(S(=O)(=O)N3CCCC3)cn2)on1. The molecular weight excluding hydrogens is 322 g/mol. The van der Waals surface area contributed by atoms with Crippen molar-refractivity contribution in [1.29, 1.82) is 0 Å². The van der Waals surface area contributed by atoms with Gasteiger partial charge in [0.05, 0.1) is 16.5 Å². The highest BCUT2D eigenvalue weighted by Crippen LogP contribution is 2.24. The van der Waals surface area contributed by atoms with Crippen LogP contribution in [0.25, 0.3) is 0 Å². The average Bonchev–Trinajstić information content (AvgIpc) is 3.17. The predicted molar refractivity (Wildman–Crippen MR) is 83.0 cm³/mol. The molecule has 0 saturated carbocycles. The molecule has 0 amide bonds. The van der Waals surface area contributed by atoms with E-state index in [2.05, 4.69) is 10.1 Å². The Morgan fingerprint density at radius 1 is 1.32 bits per heavy atom. The first kappa shape index (κ1) is 15.5. The molecule has 1 aliphatic heterocycles. The Hall–Kier alpha value is -1.38. The second kappa shape index (κ2) is 6.39. The molecule has 0 aliphatic carbocycles. The minimum atomic E-state index is -3.39. The number of aromatic nitrogens is 2. The summed E-state index contributed by atoms with van der Waals surface area (Å²) in [5.74, 6) is 1.39. The largest absolute Gasteiger partial charge is 0.360 e. The lowest BCUT2D eigenvalue weighted by Crippen LogP contribution is -2.27. The first-order valence-corrected chi connectivity index (χ1v) is 9.49. The van der Waals surface area contributed by atoms with E-state index < -0.39 is 10.0 Å². The lowest BCUT2D eigenvalue weighted by atomic mass is 10.4. The molecule has 0 unspecified atom stereocenters. The van der Waals surface area contributed by atoms with Gasteiger partial charge in [-0.3, -0.25) is 0 Å². The van der Waals surface area contributed by atoms with Crippen molar-refractivity contribution in [1.82, 2.24) is 14.4 Å². The van der Waals surface area contributed by atoms with Crippen LogP contribution < -0.4 is 0 Å². The Balaban J connectivity index is 1.67. The number of rotatable bonds is 5. The van der Waals surface area contributed by atoms with Gasteiger partial charge in [-0.25, -0.2) is 13.4 Å². The van der Waals surface area contributed by atoms with Crippen molar-refractivity contribution < 1.29 is 12.9 Å². The molecule has 3 rings (SSSR count). The quantitative estimate of drug-likeness (QED) is 0.779. The highest BCUT2D eigenvalue weighted by Gasteiger charge is 2.27. The summed E-state index contributed by atoms with van der Waals surface area (Å²) in [4.78, 5) is 4.49. The lowest BCUT2D eigenvalue weighted by Gasteiger charge is -2.15. The predicted octanol–water partition coefficient (Wildman–Crippen LogP) is 2.45. The van der Waals surface area contributed by atoms with Gasteiger partial charge in [-0.1, -0.05) is 16.9 Å². The molecule has 118 valence electrons. The molecule has 0 bridgehead atoms. The molecule has 3 heterocycles. The van der Waals surface area contributed by atoms with Crippen molar-refractivity contribution in [2.45, 2.75) is 35.4 Å². The van der Waals surface area contributed by atoms with Crippen LogP contribution in [0.5, 0.6) is 0 Å². The number of hydrogen-bond acceptors (Lipinski definition) is 6. The van der Waals surface area contributed by atoms with Gasteiger partial charge in [0.1, 0.15) is 10.7 Å². The van der Waals surface area contributed by atoms with Gasteiger partial charge < -0.3 is 4.52 Å². The molecule has 1 aliphatic rings. The summed E-state index contributed by atoms with van der Waals surface area (Å²) in [6.45, 7) is 3.07. The molecule has 2 aromatic heterocycles. The number of pyridine rings is 1. The molecule has 1 saturated heterocycles. The summed E-state index contributed by atoms with van der Waals surface area (Å²) in [5.41, 5.74) is 0.843. The van der Waals surface area contributed by atoms with Gasteiger partial charge in [0.25, 0.3) is 0 Å². The fourth-order valence-corrected chi connectivity index (χ4v) is 4.49. The zero-order valence-corrected chi connectivity index (χ0v) is 13.9. The second-order valence-electron chi connectivity index (χ2n) is 5.17. The van der Waals surface area contributed by atoms with E-state index >= 15 is 0 Å². The van der Waals surface area contributed by atoms with Crippen molar-refractivity contribution in [2.24, 2.45) is 0 Å². The summed E-state index contributed by atoms with van der Waals surface area (Å²) in [5, 5.41) is 4.58. The third-order valence-electron chi connectivity index (χ3n) is 3.45.